The fourth-order valence-electron chi connectivity index (χ4n) is 4.60. The molecule has 2 heterocycles. The van der Waals surface area contributed by atoms with E-state index < -0.39 is 0 Å². The summed E-state index contributed by atoms with van der Waals surface area (Å²) in [4.78, 5) is 13.2. The molecule has 4 rings (SSSR count). The number of nitrogens with one attached hydrogen (secondary N) is 1. The van der Waals surface area contributed by atoms with E-state index in [0.29, 0.717) is 25.3 Å². The maximum absolute atomic E-state index is 13.3. The third kappa shape index (κ3) is 4.28. The molecule has 1 N–H and O–H groups in total. The highest BCUT2D eigenvalue weighted by molar-refractivity contribution is 5.96. The number of benzene rings is 2. The van der Waals surface area contributed by atoms with Gasteiger partial charge in [-0.25, -0.2) is 4.39 Å². The van der Waals surface area contributed by atoms with Crippen LogP contribution in [0.15, 0.2) is 54.6 Å². The lowest BCUT2D eigenvalue weighted by Crippen LogP contribution is -2.44. The first kappa shape index (κ1) is 22.1. The monoisotopic (exact) mass is 436 g/mol. The van der Waals surface area contributed by atoms with Gasteiger partial charge in [0, 0.05) is 42.2 Å². The number of carbonyl (C=O) groups excluding carboxylic acids is 1. The predicted octanol–water partition coefficient (Wildman–Crippen LogP) is 4.72. The van der Waals surface area contributed by atoms with Crippen LogP contribution in [-0.4, -0.2) is 37.3 Å². The van der Waals surface area contributed by atoms with Crippen LogP contribution < -0.4 is 10.1 Å². The minimum atomic E-state index is -0.283. The molecule has 5 nitrogen and oxygen atoms in total. The lowest BCUT2D eigenvalue weighted by Gasteiger charge is -2.38. The Morgan fingerprint density at radius 3 is 2.38 bits per heavy atom. The Balaban J connectivity index is 1.56. The van der Waals surface area contributed by atoms with E-state index in [-0.39, 0.29) is 17.1 Å². The van der Waals surface area contributed by atoms with E-state index >= 15 is 0 Å². The second-order valence-electron chi connectivity index (χ2n) is 8.40. The molecule has 0 aliphatic carbocycles. The van der Waals surface area contributed by atoms with Crippen LogP contribution in [-0.2, 0) is 10.2 Å². The topological polar surface area (TPSA) is 52.5 Å². The Morgan fingerprint density at radius 1 is 1.09 bits per heavy atom. The molecule has 1 aromatic heterocycles. The van der Waals surface area contributed by atoms with Crippen molar-refractivity contribution < 1.29 is 18.7 Å². The first-order chi connectivity index (χ1) is 15.4. The maximum Gasteiger partial charge on any atom is 0.253 e. The van der Waals surface area contributed by atoms with Gasteiger partial charge in [0.2, 0.25) is 0 Å². The van der Waals surface area contributed by atoms with Crippen molar-refractivity contribution >= 4 is 5.91 Å². The lowest BCUT2D eigenvalue weighted by molar-refractivity contribution is 0.0487. The summed E-state index contributed by atoms with van der Waals surface area (Å²) in [7, 11) is 1.65. The van der Waals surface area contributed by atoms with Crippen LogP contribution in [0.4, 0.5) is 4.39 Å². The number of hydrogen-bond acceptors (Lipinski definition) is 3. The summed E-state index contributed by atoms with van der Waals surface area (Å²) < 4.78 is 26.2. The summed E-state index contributed by atoms with van der Waals surface area (Å²) in [5.41, 5.74) is 4.22. The third-order valence-corrected chi connectivity index (χ3v) is 6.50. The summed E-state index contributed by atoms with van der Waals surface area (Å²) in [6.07, 6.45) is 1.68. The van der Waals surface area contributed by atoms with Gasteiger partial charge in [0.15, 0.2) is 0 Å². The molecule has 1 aliphatic heterocycles. The standard InChI is InChI=1S/C26H29FN2O3/c1-18-16-24(19(2)29(18)22-8-6-21(27)7-9-22)25(30)28-17-26(12-14-32-15-13-26)20-4-10-23(31-3)11-5-20/h4-11,16H,12-15,17H2,1-3H3,(H,28,30). The van der Waals surface area contributed by atoms with Crippen molar-refractivity contribution in [3.63, 3.8) is 0 Å². The lowest BCUT2D eigenvalue weighted by atomic mass is 9.74. The quantitative estimate of drug-likeness (QED) is 0.608. The molecule has 0 bridgehead atoms. The Kier molecular flexibility index (Phi) is 6.33. The molecule has 0 unspecified atom stereocenters. The van der Waals surface area contributed by atoms with Gasteiger partial charge in [0.1, 0.15) is 11.6 Å². The van der Waals surface area contributed by atoms with E-state index in [1.807, 2.05) is 36.6 Å². The SMILES string of the molecule is COc1ccc(C2(CNC(=O)c3cc(C)n(-c4ccc(F)cc4)c3C)CCOCC2)cc1. The molecule has 1 aliphatic rings. The Hall–Kier alpha value is -3.12. The minimum absolute atomic E-state index is 0.106. The summed E-state index contributed by atoms with van der Waals surface area (Å²) in [6, 6.07) is 16.3. The van der Waals surface area contributed by atoms with Gasteiger partial charge in [-0.3, -0.25) is 4.79 Å². The average molecular weight is 437 g/mol. The van der Waals surface area contributed by atoms with Gasteiger partial charge in [0.05, 0.1) is 12.7 Å². The smallest absolute Gasteiger partial charge is 0.253 e. The molecule has 2 aromatic carbocycles. The van der Waals surface area contributed by atoms with Crippen LogP contribution in [0.1, 0.15) is 40.2 Å². The predicted molar refractivity (Wildman–Crippen MR) is 122 cm³/mol. The van der Waals surface area contributed by atoms with Crippen molar-refractivity contribution in [2.45, 2.75) is 32.1 Å². The highest BCUT2D eigenvalue weighted by Gasteiger charge is 2.35. The van der Waals surface area contributed by atoms with Crippen LogP contribution in [0, 0.1) is 19.7 Å². The summed E-state index contributed by atoms with van der Waals surface area (Å²) in [5.74, 6) is 0.425. The number of rotatable bonds is 6. The highest BCUT2D eigenvalue weighted by Crippen LogP contribution is 2.35. The second kappa shape index (κ2) is 9.17. The van der Waals surface area contributed by atoms with Crippen LogP contribution >= 0.6 is 0 Å². The van der Waals surface area contributed by atoms with Crippen molar-refractivity contribution in [3.05, 3.63) is 82.9 Å². The van der Waals surface area contributed by atoms with Gasteiger partial charge in [-0.1, -0.05) is 12.1 Å². The molecule has 1 saturated heterocycles. The first-order valence-corrected chi connectivity index (χ1v) is 10.9. The van der Waals surface area contributed by atoms with Crippen LogP contribution in [0.5, 0.6) is 5.75 Å². The molecule has 6 heteroatoms. The van der Waals surface area contributed by atoms with E-state index in [0.717, 1.165) is 35.7 Å². The largest absolute Gasteiger partial charge is 0.497 e. The molecule has 168 valence electrons. The summed E-state index contributed by atoms with van der Waals surface area (Å²) >= 11 is 0. The minimum Gasteiger partial charge on any atom is -0.497 e. The normalized spacial score (nSPS) is 15.4. The number of ether oxygens (including phenoxy) is 2. The average Bonchev–Trinajstić information content (AvgIpc) is 3.12. The fourth-order valence-corrected chi connectivity index (χ4v) is 4.60. The van der Waals surface area contributed by atoms with E-state index in [1.165, 1.54) is 17.7 Å². The van der Waals surface area contributed by atoms with Crippen molar-refractivity contribution in [1.82, 2.24) is 9.88 Å². The van der Waals surface area contributed by atoms with Gasteiger partial charge in [-0.15, -0.1) is 0 Å². The number of nitrogens with zero attached hydrogens (tertiary/aromatic N) is 1. The molecule has 0 spiro atoms. The fraction of sp³-hybridized carbons (Fsp3) is 0.346. The van der Waals surface area contributed by atoms with Crippen molar-refractivity contribution in [2.75, 3.05) is 26.9 Å². The molecule has 0 radical (unpaired) electrons. The van der Waals surface area contributed by atoms with Crippen LogP contribution in [0.25, 0.3) is 5.69 Å². The Labute approximate surface area is 188 Å². The summed E-state index contributed by atoms with van der Waals surface area (Å²) in [6.45, 7) is 5.73. The van der Waals surface area contributed by atoms with Gasteiger partial charge in [-0.2, -0.15) is 0 Å². The van der Waals surface area contributed by atoms with E-state index in [2.05, 4.69) is 17.4 Å². The van der Waals surface area contributed by atoms with Gasteiger partial charge >= 0.3 is 0 Å². The molecule has 32 heavy (non-hydrogen) atoms. The zero-order valence-electron chi connectivity index (χ0n) is 18.8. The van der Waals surface area contributed by atoms with E-state index in [1.54, 1.807) is 19.2 Å². The number of carbonyl (C=O) groups is 1. The zero-order chi connectivity index (χ0) is 22.7. The number of hydrogen-bond donors (Lipinski definition) is 1. The molecule has 1 fully saturated rings. The van der Waals surface area contributed by atoms with Gasteiger partial charge < -0.3 is 19.4 Å². The number of halogens is 1. The third-order valence-electron chi connectivity index (χ3n) is 6.50. The maximum atomic E-state index is 13.3. The second-order valence-corrected chi connectivity index (χ2v) is 8.40. The highest BCUT2D eigenvalue weighted by atomic mass is 19.1. The molecular weight excluding hydrogens is 407 g/mol. The number of amides is 1. The van der Waals surface area contributed by atoms with Crippen LogP contribution in [0.3, 0.4) is 0 Å². The van der Waals surface area contributed by atoms with E-state index in [9.17, 15) is 9.18 Å². The molecular formula is C26H29FN2O3. The van der Waals surface area contributed by atoms with Crippen LogP contribution in [0.2, 0.25) is 0 Å². The molecule has 0 atom stereocenters. The Morgan fingerprint density at radius 2 is 1.75 bits per heavy atom. The Bertz CT molecular complexity index is 1080. The van der Waals surface area contributed by atoms with Gasteiger partial charge in [-0.05, 0) is 74.7 Å². The van der Waals surface area contributed by atoms with Gasteiger partial charge in [0.25, 0.3) is 5.91 Å². The van der Waals surface area contributed by atoms with E-state index in [4.69, 9.17) is 9.47 Å². The summed E-state index contributed by atoms with van der Waals surface area (Å²) in [5, 5.41) is 3.18. The number of methoxy groups -OCH3 is 1. The number of aromatic nitrogens is 1. The molecule has 3 aromatic rings. The zero-order valence-corrected chi connectivity index (χ0v) is 18.8. The molecule has 1 amide bonds. The number of aryl methyl sites for hydroxylation is 1. The van der Waals surface area contributed by atoms with Crippen molar-refractivity contribution in [1.29, 1.82) is 0 Å². The molecule has 0 saturated carbocycles. The van der Waals surface area contributed by atoms with Crippen molar-refractivity contribution in [2.24, 2.45) is 0 Å². The van der Waals surface area contributed by atoms with Crippen molar-refractivity contribution in [3.8, 4) is 11.4 Å². The first-order valence-electron chi connectivity index (χ1n) is 10.9.